The fraction of sp³-hybridized carbons (Fsp3) is 0.412. The van der Waals surface area contributed by atoms with Crippen molar-refractivity contribution >= 4 is 0 Å². The van der Waals surface area contributed by atoms with E-state index in [0.717, 1.165) is 25.2 Å². The van der Waals surface area contributed by atoms with Crippen LogP contribution in [0.4, 0.5) is 0 Å². The van der Waals surface area contributed by atoms with Crippen molar-refractivity contribution in [1.29, 1.82) is 0 Å². The second kappa shape index (κ2) is 5.35. The van der Waals surface area contributed by atoms with Crippen LogP contribution in [0.5, 0.6) is 0 Å². The van der Waals surface area contributed by atoms with E-state index in [4.69, 9.17) is 0 Å². The Morgan fingerprint density at radius 2 is 2.24 bits per heavy atom. The van der Waals surface area contributed by atoms with Gasteiger partial charge >= 0.3 is 0 Å². The van der Waals surface area contributed by atoms with Gasteiger partial charge in [-0.05, 0) is 47.8 Å². The minimum Gasteiger partial charge on any atom is -0.0909 e. The van der Waals surface area contributed by atoms with Gasteiger partial charge in [0.15, 0.2) is 0 Å². The highest BCUT2D eigenvalue weighted by Crippen LogP contribution is 2.30. The van der Waals surface area contributed by atoms with E-state index in [-0.39, 0.29) is 0 Å². The molecule has 0 aromatic rings. The molecular weight excluding hydrogens is 204 g/mol. The Balaban J connectivity index is 2.05. The molecule has 0 N–H and O–H groups in total. The highest BCUT2D eigenvalue weighted by molar-refractivity contribution is 5.52. The van der Waals surface area contributed by atoms with Gasteiger partial charge in [-0.1, -0.05) is 56.9 Å². The molecule has 0 fully saturated rings. The lowest BCUT2D eigenvalue weighted by Crippen LogP contribution is -2.08. The van der Waals surface area contributed by atoms with Crippen LogP contribution < -0.4 is 0 Å². The van der Waals surface area contributed by atoms with E-state index < -0.39 is 0 Å². The van der Waals surface area contributed by atoms with Gasteiger partial charge in [0.1, 0.15) is 0 Å². The fourth-order valence-electron chi connectivity index (χ4n) is 2.39. The molecule has 0 nitrogen and oxygen atoms in total. The minimum absolute atomic E-state index is 0.701. The first kappa shape index (κ1) is 12.2. The maximum absolute atomic E-state index is 4.25. The molecule has 90 valence electrons. The second-order valence-electron chi connectivity index (χ2n) is 5.30. The summed E-state index contributed by atoms with van der Waals surface area (Å²) in [5, 5.41) is 0. The molecule has 2 aliphatic carbocycles. The molecule has 0 saturated heterocycles. The molecule has 0 aliphatic heterocycles. The highest BCUT2D eigenvalue weighted by Gasteiger charge is 2.15. The summed E-state index contributed by atoms with van der Waals surface area (Å²) in [5.41, 5.74) is 3.93. The zero-order chi connectivity index (χ0) is 12.3. The average molecular weight is 226 g/mol. The van der Waals surface area contributed by atoms with Gasteiger partial charge in [-0.25, -0.2) is 0 Å². The Morgan fingerprint density at radius 3 is 2.76 bits per heavy atom. The van der Waals surface area contributed by atoms with Crippen molar-refractivity contribution in [2.45, 2.75) is 33.1 Å². The SMILES string of the molecule is C=C(C1=CCC(C(C)C)C=C1)C1=CC=CCC1. The Kier molecular flexibility index (Phi) is 3.83. The van der Waals surface area contributed by atoms with Crippen LogP contribution in [0.1, 0.15) is 33.1 Å². The summed E-state index contributed by atoms with van der Waals surface area (Å²) < 4.78 is 0. The van der Waals surface area contributed by atoms with Crippen molar-refractivity contribution in [3.05, 3.63) is 59.8 Å². The molecule has 0 heteroatoms. The molecule has 1 unspecified atom stereocenters. The van der Waals surface area contributed by atoms with Crippen LogP contribution in [-0.4, -0.2) is 0 Å². The highest BCUT2D eigenvalue weighted by atomic mass is 14.2. The molecule has 0 aromatic carbocycles. The summed E-state index contributed by atoms with van der Waals surface area (Å²) in [6, 6.07) is 0. The van der Waals surface area contributed by atoms with Crippen LogP contribution >= 0.6 is 0 Å². The number of allylic oxidation sites excluding steroid dienone is 9. The molecule has 0 bridgehead atoms. The van der Waals surface area contributed by atoms with Crippen LogP contribution in [0.2, 0.25) is 0 Å². The van der Waals surface area contributed by atoms with Gasteiger partial charge in [0, 0.05) is 0 Å². The summed E-state index contributed by atoms with van der Waals surface area (Å²) in [5.74, 6) is 1.43. The molecule has 2 aliphatic rings. The molecule has 0 saturated carbocycles. The van der Waals surface area contributed by atoms with Crippen LogP contribution in [0.3, 0.4) is 0 Å². The van der Waals surface area contributed by atoms with Gasteiger partial charge in [0.2, 0.25) is 0 Å². The largest absolute Gasteiger partial charge is 0.0909 e. The first-order valence-corrected chi connectivity index (χ1v) is 6.62. The average Bonchev–Trinajstić information content (AvgIpc) is 2.39. The zero-order valence-corrected chi connectivity index (χ0v) is 10.9. The Hall–Kier alpha value is -1.30. The van der Waals surface area contributed by atoms with Gasteiger partial charge in [-0.2, -0.15) is 0 Å². The summed E-state index contributed by atoms with van der Waals surface area (Å²) >= 11 is 0. The van der Waals surface area contributed by atoms with E-state index in [2.05, 4.69) is 56.9 Å². The van der Waals surface area contributed by atoms with E-state index >= 15 is 0 Å². The zero-order valence-electron chi connectivity index (χ0n) is 10.9. The number of hydrogen-bond acceptors (Lipinski definition) is 0. The first-order valence-electron chi connectivity index (χ1n) is 6.62. The van der Waals surface area contributed by atoms with Crippen molar-refractivity contribution in [2.75, 3.05) is 0 Å². The van der Waals surface area contributed by atoms with Gasteiger partial charge < -0.3 is 0 Å². The Labute approximate surface area is 105 Å². The summed E-state index contributed by atoms with van der Waals surface area (Å²) in [7, 11) is 0. The van der Waals surface area contributed by atoms with Crippen molar-refractivity contribution in [3.8, 4) is 0 Å². The number of rotatable bonds is 3. The topological polar surface area (TPSA) is 0 Å². The van der Waals surface area contributed by atoms with E-state index in [9.17, 15) is 0 Å². The van der Waals surface area contributed by atoms with Crippen molar-refractivity contribution in [2.24, 2.45) is 11.8 Å². The molecule has 0 aromatic heterocycles. The molecule has 0 amide bonds. The second-order valence-corrected chi connectivity index (χ2v) is 5.30. The summed E-state index contributed by atoms with van der Waals surface area (Å²) in [4.78, 5) is 0. The number of hydrogen-bond donors (Lipinski definition) is 0. The standard InChI is InChI=1S/C17H22/c1-13(2)15-9-11-17(12-10-15)14(3)16-7-5-4-6-8-16/h4-5,7,9,11-13,15H,3,6,8,10H2,1-2H3. The quantitative estimate of drug-likeness (QED) is 0.637. The van der Waals surface area contributed by atoms with Gasteiger partial charge in [-0.15, -0.1) is 0 Å². The molecule has 2 rings (SSSR count). The monoisotopic (exact) mass is 226 g/mol. The predicted molar refractivity (Wildman–Crippen MR) is 75.8 cm³/mol. The van der Waals surface area contributed by atoms with Crippen molar-refractivity contribution < 1.29 is 0 Å². The van der Waals surface area contributed by atoms with Gasteiger partial charge in [0.25, 0.3) is 0 Å². The summed E-state index contributed by atoms with van der Waals surface area (Å²) in [6.45, 7) is 8.83. The van der Waals surface area contributed by atoms with Gasteiger partial charge in [0.05, 0.1) is 0 Å². The molecule has 0 radical (unpaired) electrons. The molecule has 1 atom stereocenters. The third kappa shape index (κ3) is 2.88. The van der Waals surface area contributed by atoms with Gasteiger partial charge in [-0.3, -0.25) is 0 Å². The lowest BCUT2D eigenvalue weighted by molar-refractivity contribution is 0.466. The van der Waals surface area contributed by atoms with Crippen LogP contribution in [0.15, 0.2) is 59.8 Å². The van der Waals surface area contributed by atoms with Crippen LogP contribution in [-0.2, 0) is 0 Å². The maximum atomic E-state index is 4.25. The molecule has 0 spiro atoms. The van der Waals surface area contributed by atoms with Crippen LogP contribution in [0, 0.1) is 11.8 Å². The third-order valence-corrected chi connectivity index (χ3v) is 3.74. The Morgan fingerprint density at radius 1 is 1.41 bits per heavy atom. The van der Waals surface area contributed by atoms with Crippen LogP contribution in [0.25, 0.3) is 0 Å². The molecular formula is C17H22. The maximum Gasteiger partial charge on any atom is -0.0172 e. The molecule has 0 heterocycles. The fourth-order valence-corrected chi connectivity index (χ4v) is 2.39. The van der Waals surface area contributed by atoms with E-state index in [0.29, 0.717) is 5.92 Å². The lowest BCUT2D eigenvalue weighted by Gasteiger charge is -2.21. The smallest absolute Gasteiger partial charge is 0.0172 e. The van der Waals surface area contributed by atoms with E-state index in [1.54, 1.807) is 0 Å². The van der Waals surface area contributed by atoms with E-state index in [1.807, 2.05) is 0 Å². The Bertz CT molecular complexity index is 413. The van der Waals surface area contributed by atoms with Crippen molar-refractivity contribution in [3.63, 3.8) is 0 Å². The molecule has 17 heavy (non-hydrogen) atoms. The third-order valence-electron chi connectivity index (χ3n) is 3.74. The lowest BCUT2D eigenvalue weighted by atomic mass is 9.84. The van der Waals surface area contributed by atoms with Crippen molar-refractivity contribution in [1.82, 2.24) is 0 Å². The van der Waals surface area contributed by atoms with E-state index in [1.165, 1.54) is 16.7 Å². The minimum atomic E-state index is 0.701. The predicted octanol–water partition coefficient (Wildman–Crippen LogP) is 4.98. The normalized spacial score (nSPS) is 23.6. The first-order chi connectivity index (χ1) is 8.18. The summed E-state index contributed by atoms with van der Waals surface area (Å²) in [6.07, 6.45) is 17.0.